The molecule has 0 aliphatic carbocycles. The van der Waals surface area contributed by atoms with Gasteiger partial charge in [-0.2, -0.15) is 8.42 Å². The molecule has 0 aliphatic rings. The van der Waals surface area contributed by atoms with Crippen molar-refractivity contribution in [1.82, 2.24) is 0 Å². The minimum atomic E-state index is -3.92. The van der Waals surface area contributed by atoms with Crippen LogP contribution in [0.4, 0.5) is 0 Å². The molecule has 5 heteroatoms. The van der Waals surface area contributed by atoms with Crippen LogP contribution in [0.1, 0.15) is 123 Å². The number of hydrogen-bond donors (Lipinski definition) is 2. The Morgan fingerprint density at radius 2 is 0.962 bits per heavy atom. The first kappa shape index (κ1) is 25.9. The van der Waals surface area contributed by atoms with Crippen molar-refractivity contribution < 1.29 is 18.1 Å². The lowest BCUT2D eigenvalue weighted by Crippen LogP contribution is -2.20. The third-order valence-corrected chi connectivity index (χ3v) is 6.57. The van der Waals surface area contributed by atoms with Crippen molar-refractivity contribution in [2.75, 3.05) is 0 Å². The van der Waals surface area contributed by atoms with E-state index in [1.807, 2.05) is 0 Å². The van der Waals surface area contributed by atoms with E-state index in [1.54, 1.807) is 0 Å². The molecule has 2 unspecified atom stereocenters. The Kier molecular flexibility index (Phi) is 16.9. The summed E-state index contributed by atoms with van der Waals surface area (Å²) in [5.74, 6) is 0. The molecule has 0 aromatic heterocycles. The zero-order valence-electron chi connectivity index (χ0n) is 17.3. The molecule has 0 aromatic rings. The fourth-order valence-electron chi connectivity index (χ4n) is 3.47. The molecule has 0 aliphatic heterocycles. The van der Waals surface area contributed by atoms with Gasteiger partial charge in [0, 0.05) is 0 Å². The summed E-state index contributed by atoms with van der Waals surface area (Å²) < 4.78 is 32.5. The van der Waals surface area contributed by atoms with Gasteiger partial charge in [0.05, 0.1) is 11.4 Å². The van der Waals surface area contributed by atoms with Gasteiger partial charge in [-0.3, -0.25) is 4.55 Å². The number of aliphatic hydroxyl groups excluding tert-OH is 1. The average molecular weight is 393 g/mol. The minimum Gasteiger partial charge on any atom is -0.393 e. The Hall–Kier alpha value is -0.130. The first-order valence-electron chi connectivity index (χ1n) is 11.1. The molecule has 4 nitrogen and oxygen atoms in total. The SMILES string of the molecule is CCCCCCCC(CCCCCCC(O)CCCCCC)S(=O)(=O)O. The largest absolute Gasteiger partial charge is 0.393 e. The molecule has 0 saturated carbocycles. The summed E-state index contributed by atoms with van der Waals surface area (Å²) in [5, 5.41) is 9.36. The highest BCUT2D eigenvalue weighted by Crippen LogP contribution is 2.19. The molecule has 2 atom stereocenters. The van der Waals surface area contributed by atoms with E-state index in [0.717, 1.165) is 64.2 Å². The summed E-state index contributed by atoms with van der Waals surface area (Å²) >= 11 is 0. The third kappa shape index (κ3) is 16.1. The third-order valence-electron chi connectivity index (χ3n) is 5.26. The van der Waals surface area contributed by atoms with Gasteiger partial charge in [0.15, 0.2) is 0 Å². The van der Waals surface area contributed by atoms with Gasteiger partial charge in [-0.1, -0.05) is 97.3 Å². The van der Waals surface area contributed by atoms with Crippen LogP contribution in [0.2, 0.25) is 0 Å². The van der Waals surface area contributed by atoms with Crippen molar-refractivity contribution in [3.8, 4) is 0 Å². The van der Waals surface area contributed by atoms with Crippen LogP contribution in [0, 0.1) is 0 Å². The molecule has 0 rings (SSSR count). The molecule has 0 heterocycles. The molecule has 158 valence electrons. The highest BCUT2D eigenvalue weighted by Gasteiger charge is 2.21. The van der Waals surface area contributed by atoms with Gasteiger partial charge in [-0.15, -0.1) is 0 Å². The van der Waals surface area contributed by atoms with Gasteiger partial charge >= 0.3 is 0 Å². The van der Waals surface area contributed by atoms with Crippen LogP contribution in [0.3, 0.4) is 0 Å². The maximum Gasteiger partial charge on any atom is 0.267 e. The van der Waals surface area contributed by atoms with E-state index in [4.69, 9.17) is 0 Å². The Labute approximate surface area is 162 Å². The second-order valence-electron chi connectivity index (χ2n) is 7.83. The second kappa shape index (κ2) is 17.0. The molecule has 0 amide bonds. The number of unbranched alkanes of at least 4 members (excludes halogenated alkanes) is 10. The highest BCUT2D eigenvalue weighted by molar-refractivity contribution is 7.86. The zero-order chi connectivity index (χ0) is 19.7. The molecule has 2 N–H and O–H groups in total. The van der Waals surface area contributed by atoms with Gasteiger partial charge in [0.25, 0.3) is 10.1 Å². The lowest BCUT2D eigenvalue weighted by atomic mass is 10.0. The Balaban J connectivity index is 3.75. The van der Waals surface area contributed by atoms with Crippen molar-refractivity contribution in [2.45, 2.75) is 134 Å². The Morgan fingerprint density at radius 1 is 0.615 bits per heavy atom. The van der Waals surface area contributed by atoms with E-state index in [-0.39, 0.29) is 6.10 Å². The molecule has 0 fully saturated rings. The topological polar surface area (TPSA) is 74.6 Å². The second-order valence-corrected chi connectivity index (χ2v) is 9.53. The van der Waals surface area contributed by atoms with Crippen LogP contribution in [0.5, 0.6) is 0 Å². The molecular weight excluding hydrogens is 348 g/mol. The lowest BCUT2D eigenvalue weighted by molar-refractivity contribution is 0.147. The van der Waals surface area contributed by atoms with Crippen LogP contribution >= 0.6 is 0 Å². The van der Waals surface area contributed by atoms with Gasteiger partial charge in [0.2, 0.25) is 0 Å². The quantitative estimate of drug-likeness (QED) is 0.200. The van der Waals surface area contributed by atoms with E-state index in [2.05, 4.69) is 13.8 Å². The summed E-state index contributed by atoms with van der Waals surface area (Å²) in [6.45, 7) is 4.35. The van der Waals surface area contributed by atoms with Crippen molar-refractivity contribution in [3.05, 3.63) is 0 Å². The normalized spacial score (nSPS) is 14.5. The van der Waals surface area contributed by atoms with E-state index < -0.39 is 15.4 Å². The maximum absolute atomic E-state index is 11.5. The van der Waals surface area contributed by atoms with Gasteiger partial charge in [0.1, 0.15) is 0 Å². The molecule has 0 radical (unpaired) electrons. The molecule has 0 spiro atoms. The van der Waals surface area contributed by atoms with Crippen molar-refractivity contribution in [1.29, 1.82) is 0 Å². The van der Waals surface area contributed by atoms with Gasteiger partial charge in [-0.25, -0.2) is 0 Å². The average Bonchev–Trinajstić information content (AvgIpc) is 2.58. The summed E-state index contributed by atoms with van der Waals surface area (Å²) in [4.78, 5) is 0. The highest BCUT2D eigenvalue weighted by atomic mass is 32.2. The molecular formula is C21H44O4S. The van der Waals surface area contributed by atoms with Crippen molar-refractivity contribution >= 4 is 10.1 Å². The van der Waals surface area contributed by atoms with Crippen LogP contribution in [0.15, 0.2) is 0 Å². The maximum atomic E-state index is 11.5. The summed E-state index contributed by atoms with van der Waals surface area (Å²) in [6.07, 6.45) is 16.8. The van der Waals surface area contributed by atoms with E-state index in [9.17, 15) is 18.1 Å². The first-order valence-corrected chi connectivity index (χ1v) is 12.6. The Bertz CT molecular complexity index is 395. The van der Waals surface area contributed by atoms with Crippen LogP contribution in [-0.4, -0.2) is 29.4 Å². The van der Waals surface area contributed by atoms with Crippen molar-refractivity contribution in [2.24, 2.45) is 0 Å². The Morgan fingerprint density at radius 3 is 1.35 bits per heavy atom. The fraction of sp³-hybridized carbons (Fsp3) is 1.00. The molecule has 0 aromatic carbocycles. The lowest BCUT2D eigenvalue weighted by Gasteiger charge is -2.14. The monoisotopic (exact) mass is 392 g/mol. The smallest absolute Gasteiger partial charge is 0.267 e. The predicted molar refractivity (Wildman–Crippen MR) is 111 cm³/mol. The van der Waals surface area contributed by atoms with E-state index in [1.165, 1.54) is 32.1 Å². The number of aliphatic hydroxyl groups is 1. The van der Waals surface area contributed by atoms with E-state index in [0.29, 0.717) is 12.8 Å². The van der Waals surface area contributed by atoms with Gasteiger partial charge < -0.3 is 5.11 Å². The minimum absolute atomic E-state index is 0.180. The number of rotatable bonds is 19. The van der Waals surface area contributed by atoms with Gasteiger partial charge in [-0.05, 0) is 25.7 Å². The van der Waals surface area contributed by atoms with Crippen LogP contribution < -0.4 is 0 Å². The summed E-state index contributed by atoms with van der Waals surface area (Å²) in [6, 6.07) is 0. The van der Waals surface area contributed by atoms with Crippen molar-refractivity contribution in [3.63, 3.8) is 0 Å². The van der Waals surface area contributed by atoms with Crippen LogP contribution in [-0.2, 0) is 10.1 Å². The van der Waals surface area contributed by atoms with Crippen LogP contribution in [0.25, 0.3) is 0 Å². The first-order chi connectivity index (χ1) is 12.4. The predicted octanol–water partition coefficient (Wildman–Crippen LogP) is 6.28. The summed E-state index contributed by atoms with van der Waals surface area (Å²) in [5.41, 5.74) is 0. The summed E-state index contributed by atoms with van der Waals surface area (Å²) in [7, 11) is -3.92. The standard InChI is InChI=1S/C21H44O4S/c1-3-5-7-9-14-18-21(26(23,24)25)19-15-11-10-13-17-20(22)16-12-8-6-4-2/h20-22H,3-19H2,1-2H3,(H,23,24,25). The molecule has 26 heavy (non-hydrogen) atoms. The van der Waals surface area contributed by atoms with E-state index >= 15 is 0 Å². The fourth-order valence-corrected chi connectivity index (χ4v) is 4.40. The zero-order valence-corrected chi connectivity index (χ0v) is 18.1. The molecule has 0 bridgehead atoms. The molecule has 0 saturated heterocycles. The number of hydrogen-bond acceptors (Lipinski definition) is 3.